The van der Waals surface area contributed by atoms with Gasteiger partial charge in [0, 0.05) is 0 Å². The fraction of sp³-hybridized carbons (Fsp3) is 0.481. The molecule has 3 aliphatic rings. The Hall–Kier alpha value is -2.62. The lowest BCUT2D eigenvalue weighted by Gasteiger charge is -2.42. The molecule has 0 N–H and O–H groups in total. The Balaban J connectivity index is 1.36. The molecule has 2 aromatic rings. The van der Waals surface area contributed by atoms with Gasteiger partial charge in [-0.15, -0.1) is 0 Å². The van der Waals surface area contributed by atoms with Crippen molar-refractivity contribution >= 4 is 11.9 Å². The van der Waals surface area contributed by atoms with Gasteiger partial charge in [0.1, 0.15) is 12.2 Å². The van der Waals surface area contributed by atoms with Crippen LogP contribution in [-0.2, 0) is 9.47 Å². The van der Waals surface area contributed by atoms with Crippen molar-refractivity contribution in [2.45, 2.75) is 58.2 Å². The van der Waals surface area contributed by atoms with Crippen LogP contribution in [0.3, 0.4) is 0 Å². The molecule has 3 saturated carbocycles. The Morgan fingerprint density at radius 2 is 1.16 bits per heavy atom. The van der Waals surface area contributed by atoms with Crippen LogP contribution in [0.25, 0.3) is 0 Å². The third kappa shape index (κ3) is 4.00. The molecule has 0 heterocycles. The molecular formula is C27H30O4. The van der Waals surface area contributed by atoms with Crippen LogP contribution in [0.5, 0.6) is 0 Å². The van der Waals surface area contributed by atoms with Gasteiger partial charge >= 0.3 is 11.9 Å². The second kappa shape index (κ2) is 8.14. The molecule has 0 amide bonds. The van der Waals surface area contributed by atoms with Crippen molar-refractivity contribution in [3.8, 4) is 0 Å². The molecule has 4 heteroatoms. The molecule has 0 aromatic heterocycles. The third-order valence-electron chi connectivity index (χ3n) is 7.72. The van der Waals surface area contributed by atoms with E-state index >= 15 is 0 Å². The topological polar surface area (TPSA) is 52.6 Å². The number of hydrogen-bond donors (Lipinski definition) is 0. The maximum Gasteiger partial charge on any atom is 0.338 e. The summed E-state index contributed by atoms with van der Waals surface area (Å²) in [6.45, 7) is 3.92. The van der Waals surface area contributed by atoms with Crippen molar-refractivity contribution in [2.75, 3.05) is 0 Å². The molecule has 2 bridgehead atoms. The third-order valence-corrected chi connectivity index (χ3v) is 7.72. The van der Waals surface area contributed by atoms with Gasteiger partial charge in [0.2, 0.25) is 0 Å². The predicted octanol–water partition coefficient (Wildman–Crippen LogP) is 5.51. The molecule has 6 unspecified atom stereocenters. The standard InChI is InChI=1S/C27H30O4/c1-16-5-3-7-20(11-16)26(28)30-24-14-22-18-9-10-19(13-18)23(22)15-25(24)31-27(29)21-8-4-6-17(2)12-21/h3-8,11-12,18-19,22-25H,9-10,13-15H2,1-2H3. The first-order chi connectivity index (χ1) is 15.0. The summed E-state index contributed by atoms with van der Waals surface area (Å²) < 4.78 is 12.0. The number of rotatable bonds is 4. The van der Waals surface area contributed by atoms with Crippen molar-refractivity contribution < 1.29 is 19.1 Å². The summed E-state index contributed by atoms with van der Waals surface area (Å²) in [7, 11) is 0. The van der Waals surface area contributed by atoms with Crippen molar-refractivity contribution in [1.82, 2.24) is 0 Å². The van der Waals surface area contributed by atoms with Crippen molar-refractivity contribution in [2.24, 2.45) is 23.7 Å². The van der Waals surface area contributed by atoms with Gasteiger partial charge in [-0.3, -0.25) is 0 Å². The lowest BCUT2D eigenvalue weighted by Crippen LogP contribution is -2.45. The molecule has 4 nitrogen and oxygen atoms in total. The number of fused-ring (bicyclic) bond motifs is 5. The summed E-state index contributed by atoms with van der Waals surface area (Å²) in [6, 6.07) is 14.9. The quantitative estimate of drug-likeness (QED) is 0.614. The number of hydrogen-bond acceptors (Lipinski definition) is 4. The van der Waals surface area contributed by atoms with Crippen LogP contribution in [-0.4, -0.2) is 24.1 Å². The van der Waals surface area contributed by atoms with E-state index in [0.29, 0.717) is 23.0 Å². The first-order valence-corrected chi connectivity index (χ1v) is 11.5. The summed E-state index contributed by atoms with van der Waals surface area (Å²) >= 11 is 0. The average Bonchev–Trinajstić information content (AvgIpc) is 3.36. The molecule has 0 spiro atoms. The Labute approximate surface area is 183 Å². The minimum Gasteiger partial charge on any atom is -0.455 e. The first-order valence-electron chi connectivity index (χ1n) is 11.5. The van der Waals surface area contributed by atoms with Crippen LogP contribution >= 0.6 is 0 Å². The number of aryl methyl sites for hydroxylation is 2. The molecule has 0 aliphatic heterocycles. The lowest BCUT2D eigenvalue weighted by molar-refractivity contribution is -0.0822. The van der Waals surface area contributed by atoms with Crippen LogP contribution in [0.1, 0.15) is 63.9 Å². The normalized spacial score (nSPS) is 31.2. The number of esters is 2. The van der Waals surface area contributed by atoms with Gasteiger partial charge in [-0.25, -0.2) is 9.59 Å². The van der Waals surface area contributed by atoms with Gasteiger partial charge in [-0.05, 0) is 93.9 Å². The summed E-state index contributed by atoms with van der Waals surface area (Å²) in [5.41, 5.74) is 3.15. The maximum atomic E-state index is 12.9. The van der Waals surface area contributed by atoms with Crippen molar-refractivity contribution in [1.29, 1.82) is 0 Å². The van der Waals surface area contributed by atoms with E-state index < -0.39 is 0 Å². The minimum atomic E-state index is -0.387. The van der Waals surface area contributed by atoms with Crippen molar-refractivity contribution in [3.05, 3.63) is 70.8 Å². The Kier molecular flexibility index (Phi) is 5.33. The molecular weight excluding hydrogens is 388 g/mol. The lowest BCUT2D eigenvalue weighted by atomic mass is 9.69. The molecule has 3 fully saturated rings. The summed E-state index contributed by atoms with van der Waals surface area (Å²) in [4.78, 5) is 25.8. The largest absolute Gasteiger partial charge is 0.455 e. The second-order valence-electron chi connectivity index (χ2n) is 9.76. The zero-order valence-corrected chi connectivity index (χ0v) is 18.3. The fourth-order valence-corrected chi connectivity index (χ4v) is 6.31. The molecule has 3 aliphatic carbocycles. The molecule has 162 valence electrons. The Bertz CT molecular complexity index is 917. The molecule has 31 heavy (non-hydrogen) atoms. The van der Waals surface area contributed by atoms with E-state index in [4.69, 9.17) is 9.47 Å². The van der Waals surface area contributed by atoms with E-state index in [0.717, 1.165) is 35.8 Å². The zero-order chi connectivity index (χ0) is 21.5. The van der Waals surface area contributed by atoms with Gasteiger partial charge < -0.3 is 9.47 Å². The van der Waals surface area contributed by atoms with Crippen molar-refractivity contribution in [3.63, 3.8) is 0 Å². The summed E-state index contributed by atoms with van der Waals surface area (Å²) in [5.74, 6) is 2.00. The van der Waals surface area contributed by atoms with Crippen LogP contribution in [0.4, 0.5) is 0 Å². The molecule has 6 atom stereocenters. The zero-order valence-electron chi connectivity index (χ0n) is 18.3. The van der Waals surface area contributed by atoms with Crippen LogP contribution in [0, 0.1) is 37.5 Å². The first kappa shape index (κ1) is 20.3. The Morgan fingerprint density at radius 1 is 0.710 bits per heavy atom. The average molecular weight is 419 g/mol. The van der Waals surface area contributed by atoms with E-state index in [1.165, 1.54) is 19.3 Å². The second-order valence-corrected chi connectivity index (χ2v) is 9.76. The molecule has 0 saturated heterocycles. The summed E-state index contributed by atoms with van der Waals surface area (Å²) in [5, 5.41) is 0. The van der Waals surface area contributed by atoms with E-state index in [1.807, 2.05) is 50.2 Å². The van der Waals surface area contributed by atoms with Crippen LogP contribution < -0.4 is 0 Å². The van der Waals surface area contributed by atoms with Crippen LogP contribution in [0.2, 0.25) is 0 Å². The number of carbonyl (C=O) groups excluding carboxylic acids is 2. The van der Waals surface area contributed by atoms with Gasteiger partial charge in [0.25, 0.3) is 0 Å². The van der Waals surface area contributed by atoms with E-state index in [9.17, 15) is 9.59 Å². The monoisotopic (exact) mass is 418 g/mol. The highest BCUT2D eigenvalue weighted by molar-refractivity contribution is 5.90. The summed E-state index contributed by atoms with van der Waals surface area (Å²) in [6.07, 6.45) is 4.69. The predicted molar refractivity (Wildman–Crippen MR) is 118 cm³/mol. The minimum absolute atomic E-state index is 0.327. The van der Waals surface area contributed by atoms with Crippen LogP contribution in [0.15, 0.2) is 48.5 Å². The SMILES string of the molecule is Cc1cccc(C(=O)OC2CC3C4CCC(C4)C3CC2OC(=O)c2cccc(C)c2)c1. The highest BCUT2D eigenvalue weighted by atomic mass is 16.6. The number of benzene rings is 2. The Morgan fingerprint density at radius 3 is 1.58 bits per heavy atom. The van der Waals surface area contributed by atoms with Gasteiger partial charge in [-0.1, -0.05) is 35.4 Å². The van der Waals surface area contributed by atoms with E-state index in [2.05, 4.69) is 0 Å². The molecule has 5 rings (SSSR count). The molecule has 2 aromatic carbocycles. The smallest absolute Gasteiger partial charge is 0.338 e. The van der Waals surface area contributed by atoms with E-state index in [1.54, 1.807) is 12.1 Å². The van der Waals surface area contributed by atoms with Gasteiger partial charge in [0.05, 0.1) is 11.1 Å². The highest BCUT2D eigenvalue weighted by Crippen LogP contribution is 2.58. The van der Waals surface area contributed by atoms with Gasteiger partial charge in [-0.2, -0.15) is 0 Å². The maximum absolute atomic E-state index is 12.9. The number of carbonyl (C=O) groups is 2. The van der Waals surface area contributed by atoms with E-state index in [-0.39, 0.29) is 24.1 Å². The molecule has 0 radical (unpaired) electrons. The fourth-order valence-electron chi connectivity index (χ4n) is 6.31. The highest BCUT2D eigenvalue weighted by Gasteiger charge is 2.53. The number of ether oxygens (including phenoxy) is 2. The van der Waals surface area contributed by atoms with Gasteiger partial charge in [0.15, 0.2) is 0 Å².